The number of para-hydroxylation sites is 1. The number of nitrogens with zero attached hydrogens (tertiary/aromatic N) is 3. The molecule has 1 atom stereocenters. The van der Waals surface area contributed by atoms with Crippen LogP contribution in [0.15, 0.2) is 54.6 Å². The highest BCUT2D eigenvalue weighted by molar-refractivity contribution is 5.43. The van der Waals surface area contributed by atoms with Gasteiger partial charge in [-0.05, 0) is 69.0 Å². The molecule has 1 heterocycles. The molecule has 1 aliphatic carbocycles. The van der Waals surface area contributed by atoms with Crippen LogP contribution in [0.5, 0.6) is 11.6 Å². The van der Waals surface area contributed by atoms with Crippen molar-refractivity contribution in [1.82, 2.24) is 14.7 Å². The van der Waals surface area contributed by atoms with Gasteiger partial charge in [-0.15, -0.1) is 0 Å². The predicted molar refractivity (Wildman–Crippen MR) is 125 cm³/mol. The molecule has 1 aromatic heterocycles. The fourth-order valence-electron chi connectivity index (χ4n) is 3.88. The minimum Gasteiger partial charge on any atom is -0.439 e. The molecule has 2 aromatic carbocycles. The Labute approximate surface area is 194 Å². The van der Waals surface area contributed by atoms with E-state index in [0.29, 0.717) is 43.9 Å². The Bertz CT molecular complexity index is 1020. The molecular weight excluding hydrogens is 421 g/mol. The van der Waals surface area contributed by atoms with E-state index in [0.717, 1.165) is 23.5 Å². The van der Waals surface area contributed by atoms with Crippen LogP contribution in [0.4, 0.5) is 4.39 Å². The van der Waals surface area contributed by atoms with Gasteiger partial charge in [-0.3, -0.25) is 4.90 Å². The first-order valence-electron chi connectivity index (χ1n) is 11.6. The van der Waals surface area contributed by atoms with E-state index >= 15 is 0 Å². The van der Waals surface area contributed by atoms with Crippen molar-refractivity contribution in [3.05, 3.63) is 71.7 Å². The molecule has 33 heavy (non-hydrogen) atoms. The monoisotopic (exact) mass is 453 g/mol. The highest BCUT2D eigenvalue weighted by Gasteiger charge is 2.28. The van der Waals surface area contributed by atoms with Crippen LogP contribution in [0.25, 0.3) is 5.69 Å². The highest BCUT2D eigenvalue weighted by Crippen LogP contribution is 2.34. The lowest BCUT2D eigenvalue weighted by Crippen LogP contribution is -2.36. The Kier molecular flexibility index (Phi) is 7.75. The lowest BCUT2D eigenvalue weighted by Gasteiger charge is -2.25. The predicted octanol–water partition coefficient (Wildman–Crippen LogP) is 4.72. The first kappa shape index (κ1) is 23.4. The number of hydrogen-bond donors (Lipinski definition) is 1. The SMILES string of the molecule is CCOC[C@H](O)CN(Cc1c(C)nn(-c2ccccc2)c1Oc1ccc(F)cc1)CC1CC1. The summed E-state index contributed by atoms with van der Waals surface area (Å²) in [6.45, 7) is 6.82. The summed E-state index contributed by atoms with van der Waals surface area (Å²) in [5.41, 5.74) is 2.69. The fraction of sp³-hybridized carbons (Fsp3) is 0.423. The van der Waals surface area contributed by atoms with Gasteiger partial charge < -0.3 is 14.6 Å². The molecule has 7 heteroatoms. The molecule has 0 saturated heterocycles. The molecule has 6 nitrogen and oxygen atoms in total. The van der Waals surface area contributed by atoms with Gasteiger partial charge in [0.25, 0.3) is 0 Å². The lowest BCUT2D eigenvalue weighted by atomic mass is 10.2. The zero-order chi connectivity index (χ0) is 23.2. The standard InChI is InChI=1S/C26H32FN3O3/c1-3-32-18-23(31)16-29(15-20-9-10-20)17-25-19(2)28-30(22-7-5-4-6-8-22)26(25)33-24-13-11-21(27)12-14-24/h4-8,11-14,20,23,31H,3,9-10,15-18H2,1-2H3/t23-/m1/s1. The second kappa shape index (κ2) is 10.9. The topological polar surface area (TPSA) is 59.8 Å². The maximum Gasteiger partial charge on any atom is 0.227 e. The lowest BCUT2D eigenvalue weighted by molar-refractivity contribution is 0.0186. The van der Waals surface area contributed by atoms with E-state index in [9.17, 15) is 9.50 Å². The normalized spacial score (nSPS) is 14.6. The number of aliphatic hydroxyl groups is 1. The third kappa shape index (κ3) is 6.41. The quantitative estimate of drug-likeness (QED) is 0.430. The first-order chi connectivity index (χ1) is 16.0. The Balaban J connectivity index is 1.64. The first-order valence-corrected chi connectivity index (χ1v) is 11.6. The molecular formula is C26H32FN3O3. The summed E-state index contributed by atoms with van der Waals surface area (Å²) in [6.07, 6.45) is 1.88. The van der Waals surface area contributed by atoms with Gasteiger partial charge in [0.05, 0.1) is 29.7 Å². The van der Waals surface area contributed by atoms with E-state index in [-0.39, 0.29) is 5.82 Å². The zero-order valence-electron chi connectivity index (χ0n) is 19.3. The summed E-state index contributed by atoms with van der Waals surface area (Å²) in [5.74, 6) is 1.50. The van der Waals surface area contributed by atoms with E-state index < -0.39 is 6.10 Å². The van der Waals surface area contributed by atoms with Crippen molar-refractivity contribution in [2.24, 2.45) is 5.92 Å². The van der Waals surface area contributed by atoms with Crippen LogP contribution in [-0.2, 0) is 11.3 Å². The molecule has 176 valence electrons. The molecule has 1 saturated carbocycles. The molecule has 3 aromatic rings. The smallest absolute Gasteiger partial charge is 0.227 e. The highest BCUT2D eigenvalue weighted by atomic mass is 19.1. The Morgan fingerprint density at radius 2 is 1.88 bits per heavy atom. The second-order valence-electron chi connectivity index (χ2n) is 8.62. The van der Waals surface area contributed by atoms with Crippen molar-refractivity contribution >= 4 is 0 Å². The summed E-state index contributed by atoms with van der Waals surface area (Å²) in [6, 6.07) is 15.8. The van der Waals surface area contributed by atoms with Crippen LogP contribution < -0.4 is 4.74 Å². The average Bonchev–Trinajstić information content (AvgIpc) is 3.58. The maximum absolute atomic E-state index is 13.4. The maximum atomic E-state index is 13.4. The van der Waals surface area contributed by atoms with Crippen LogP contribution >= 0.6 is 0 Å². The van der Waals surface area contributed by atoms with Gasteiger partial charge in [0, 0.05) is 26.2 Å². The Morgan fingerprint density at radius 3 is 2.55 bits per heavy atom. The van der Waals surface area contributed by atoms with Gasteiger partial charge in [0.15, 0.2) is 0 Å². The van der Waals surface area contributed by atoms with Crippen molar-refractivity contribution in [2.45, 2.75) is 39.3 Å². The molecule has 1 aliphatic rings. The summed E-state index contributed by atoms with van der Waals surface area (Å²) in [7, 11) is 0. The molecule has 1 fully saturated rings. The number of rotatable bonds is 12. The molecule has 4 rings (SSSR count). The van der Waals surface area contributed by atoms with Crippen LogP contribution in [0, 0.1) is 18.7 Å². The molecule has 1 N–H and O–H groups in total. The number of aromatic nitrogens is 2. The van der Waals surface area contributed by atoms with Gasteiger partial charge in [-0.2, -0.15) is 5.10 Å². The average molecular weight is 454 g/mol. The van der Waals surface area contributed by atoms with E-state index in [2.05, 4.69) is 4.90 Å². The molecule has 0 radical (unpaired) electrons. The number of benzene rings is 2. The van der Waals surface area contributed by atoms with E-state index in [1.165, 1.54) is 25.0 Å². The Hall–Kier alpha value is -2.74. The van der Waals surface area contributed by atoms with Crippen LogP contribution in [0.1, 0.15) is 31.0 Å². The largest absolute Gasteiger partial charge is 0.439 e. The Morgan fingerprint density at radius 1 is 1.15 bits per heavy atom. The van der Waals surface area contributed by atoms with Gasteiger partial charge in [-0.1, -0.05) is 18.2 Å². The summed E-state index contributed by atoms with van der Waals surface area (Å²) >= 11 is 0. The third-order valence-electron chi connectivity index (χ3n) is 5.74. The van der Waals surface area contributed by atoms with E-state index in [1.807, 2.05) is 44.2 Å². The number of hydrogen-bond acceptors (Lipinski definition) is 5. The van der Waals surface area contributed by atoms with Gasteiger partial charge in [-0.25, -0.2) is 9.07 Å². The fourth-order valence-corrected chi connectivity index (χ4v) is 3.88. The molecule has 0 bridgehead atoms. The van der Waals surface area contributed by atoms with Gasteiger partial charge in [0.2, 0.25) is 5.88 Å². The molecule has 0 amide bonds. The van der Waals surface area contributed by atoms with Gasteiger partial charge >= 0.3 is 0 Å². The van der Waals surface area contributed by atoms with Crippen LogP contribution in [-0.4, -0.2) is 52.2 Å². The molecule has 0 aliphatic heterocycles. The minimum absolute atomic E-state index is 0.311. The van der Waals surface area contributed by atoms with Crippen molar-refractivity contribution in [1.29, 1.82) is 0 Å². The number of ether oxygens (including phenoxy) is 2. The molecule has 0 spiro atoms. The number of aryl methyl sites for hydroxylation is 1. The van der Waals surface area contributed by atoms with E-state index in [1.54, 1.807) is 16.8 Å². The van der Waals surface area contributed by atoms with Crippen molar-refractivity contribution in [2.75, 3.05) is 26.3 Å². The molecule has 0 unspecified atom stereocenters. The minimum atomic E-state index is -0.561. The zero-order valence-corrected chi connectivity index (χ0v) is 19.3. The third-order valence-corrected chi connectivity index (χ3v) is 5.74. The summed E-state index contributed by atoms with van der Waals surface area (Å²) in [5, 5.41) is 15.3. The van der Waals surface area contributed by atoms with Crippen molar-refractivity contribution < 1.29 is 19.0 Å². The van der Waals surface area contributed by atoms with Crippen LogP contribution in [0.2, 0.25) is 0 Å². The van der Waals surface area contributed by atoms with Gasteiger partial charge in [0.1, 0.15) is 11.6 Å². The summed E-state index contributed by atoms with van der Waals surface area (Å²) < 4.78 is 26.9. The van der Waals surface area contributed by atoms with Crippen LogP contribution in [0.3, 0.4) is 0 Å². The number of halogens is 1. The second-order valence-corrected chi connectivity index (χ2v) is 8.62. The summed E-state index contributed by atoms with van der Waals surface area (Å²) in [4.78, 5) is 2.26. The number of aliphatic hydroxyl groups excluding tert-OH is 1. The van der Waals surface area contributed by atoms with Crippen molar-refractivity contribution in [3.63, 3.8) is 0 Å². The van der Waals surface area contributed by atoms with E-state index in [4.69, 9.17) is 14.6 Å². The van der Waals surface area contributed by atoms with Crippen molar-refractivity contribution in [3.8, 4) is 17.3 Å².